The van der Waals surface area contributed by atoms with E-state index in [2.05, 4.69) is 34.8 Å². The number of nitrogens with one attached hydrogen (secondary N) is 2. The quantitative estimate of drug-likeness (QED) is 0.256. The van der Waals surface area contributed by atoms with E-state index in [9.17, 15) is 17.2 Å². The molecule has 5 rings (SSSR count). The maximum absolute atomic E-state index is 15.5. The average molecular weight is 565 g/mol. The lowest BCUT2D eigenvalue weighted by Gasteiger charge is -2.15. The Kier molecular flexibility index (Phi) is 7.05. The van der Waals surface area contributed by atoms with Gasteiger partial charge in [-0.2, -0.15) is 0 Å². The molecule has 14 heteroatoms. The van der Waals surface area contributed by atoms with Crippen LogP contribution in [0.3, 0.4) is 0 Å². The fourth-order valence-electron chi connectivity index (χ4n) is 3.90. The number of fused-ring (bicyclic) bond motifs is 1. The fraction of sp³-hybridized carbons (Fsp3) is 0.115. The maximum Gasteiger partial charge on any atom is 0.262 e. The average Bonchev–Trinajstić information content (AvgIpc) is 3.41. The minimum absolute atomic E-state index is 0.0426. The number of hydrogen-bond donors (Lipinski definition) is 2. The number of nitrogens with zero attached hydrogens (tertiary/aromatic N) is 6. The molecule has 0 fully saturated rings. The summed E-state index contributed by atoms with van der Waals surface area (Å²) in [6.07, 6.45) is 4.89. The lowest BCUT2D eigenvalue weighted by Crippen LogP contribution is -2.16. The first-order valence-electron chi connectivity index (χ1n) is 11.7. The Morgan fingerprint density at radius 1 is 1.02 bits per heavy atom. The highest BCUT2D eigenvalue weighted by molar-refractivity contribution is 7.92. The first-order chi connectivity index (χ1) is 19.2. The third kappa shape index (κ3) is 5.14. The van der Waals surface area contributed by atoms with Crippen LogP contribution in [0.1, 0.15) is 11.3 Å². The van der Waals surface area contributed by atoms with Crippen LogP contribution in [0, 0.1) is 30.9 Å². The Balaban J connectivity index is 1.50. The van der Waals surface area contributed by atoms with Gasteiger partial charge in [-0.05, 0) is 43.3 Å². The Morgan fingerprint density at radius 2 is 1.85 bits per heavy atom. The summed E-state index contributed by atoms with van der Waals surface area (Å²) in [5.74, 6) is -2.65. The Morgan fingerprint density at radius 3 is 2.65 bits per heavy atom. The van der Waals surface area contributed by atoms with E-state index in [-0.39, 0.29) is 28.3 Å². The van der Waals surface area contributed by atoms with E-state index in [1.165, 1.54) is 31.7 Å². The summed E-state index contributed by atoms with van der Waals surface area (Å²) >= 11 is 0. The van der Waals surface area contributed by atoms with E-state index < -0.39 is 38.8 Å². The number of pyridine rings is 1. The molecule has 10 nitrogen and oxygen atoms in total. The molecule has 202 valence electrons. The highest BCUT2D eigenvalue weighted by Crippen LogP contribution is 2.32. The molecule has 0 saturated carbocycles. The molecule has 40 heavy (non-hydrogen) atoms. The first-order valence-corrected chi connectivity index (χ1v) is 13.2. The third-order valence-corrected chi connectivity index (χ3v) is 7.44. The molecule has 3 aromatic heterocycles. The predicted molar refractivity (Wildman–Crippen MR) is 141 cm³/mol. The second-order valence-corrected chi connectivity index (χ2v) is 10.2. The van der Waals surface area contributed by atoms with Crippen molar-refractivity contribution in [2.75, 3.05) is 16.6 Å². The van der Waals surface area contributed by atoms with Crippen molar-refractivity contribution in [3.8, 4) is 5.82 Å². The molecule has 5 aromatic rings. The van der Waals surface area contributed by atoms with E-state index in [1.54, 1.807) is 22.9 Å². The van der Waals surface area contributed by atoms with Gasteiger partial charge in [0.05, 0.1) is 28.2 Å². The van der Waals surface area contributed by atoms with Crippen LogP contribution in [0.4, 0.5) is 30.4 Å². The molecule has 0 unspecified atom stereocenters. The molecule has 0 radical (unpaired) electrons. The molecule has 2 N–H and O–H groups in total. The van der Waals surface area contributed by atoms with Crippen molar-refractivity contribution in [3.63, 3.8) is 0 Å². The highest BCUT2D eigenvalue weighted by atomic mass is 32.2. The maximum atomic E-state index is 15.5. The smallest absolute Gasteiger partial charge is 0.262 e. The molecule has 2 aromatic carbocycles. The van der Waals surface area contributed by atoms with E-state index >= 15 is 4.39 Å². The van der Waals surface area contributed by atoms with Gasteiger partial charge in [-0.15, -0.1) is 0 Å². The van der Waals surface area contributed by atoms with Crippen molar-refractivity contribution in [3.05, 3.63) is 101 Å². The zero-order valence-corrected chi connectivity index (χ0v) is 21.5. The molecule has 0 aliphatic heterocycles. The number of halogens is 3. The normalized spacial score (nSPS) is 11.4. The van der Waals surface area contributed by atoms with Crippen LogP contribution in [0.25, 0.3) is 21.7 Å². The van der Waals surface area contributed by atoms with E-state index in [1.807, 2.05) is 0 Å². The molecule has 0 saturated heterocycles. The van der Waals surface area contributed by atoms with E-state index in [4.69, 9.17) is 6.57 Å². The van der Waals surface area contributed by atoms with Crippen molar-refractivity contribution in [2.24, 2.45) is 0 Å². The second-order valence-electron chi connectivity index (χ2n) is 8.54. The molecule has 0 aliphatic carbocycles. The van der Waals surface area contributed by atoms with Crippen molar-refractivity contribution in [2.45, 2.75) is 18.2 Å². The van der Waals surface area contributed by atoms with Gasteiger partial charge in [0.25, 0.3) is 10.0 Å². The lowest BCUT2D eigenvalue weighted by molar-refractivity contribution is 0.585. The monoisotopic (exact) mass is 564 g/mol. The van der Waals surface area contributed by atoms with Crippen molar-refractivity contribution in [1.29, 1.82) is 0 Å². The molecule has 3 heterocycles. The van der Waals surface area contributed by atoms with Gasteiger partial charge in [0, 0.05) is 11.8 Å². The third-order valence-electron chi connectivity index (χ3n) is 5.93. The number of sulfonamides is 1. The van der Waals surface area contributed by atoms with Crippen LogP contribution in [0.15, 0.2) is 66.2 Å². The second kappa shape index (κ2) is 10.6. The summed E-state index contributed by atoms with van der Waals surface area (Å²) in [6, 6.07) is 8.59. The largest absolute Gasteiger partial charge is 0.333 e. The van der Waals surface area contributed by atoms with Crippen molar-refractivity contribution < 1.29 is 21.6 Å². The van der Waals surface area contributed by atoms with Gasteiger partial charge in [-0.1, -0.05) is 6.07 Å². The highest BCUT2D eigenvalue weighted by Gasteiger charge is 2.23. The lowest BCUT2D eigenvalue weighted by atomic mass is 10.2. The van der Waals surface area contributed by atoms with Gasteiger partial charge < -0.3 is 10.2 Å². The van der Waals surface area contributed by atoms with E-state index in [0.29, 0.717) is 23.4 Å². The molecule has 0 spiro atoms. The minimum Gasteiger partial charge on any atom is -0.333 e. The molecule has 0 aliphatic rings. The van der Waals surface area contributed by atoms with Gasteiger partial charge in [0.2, 0.25) is 6.54 Å². The first kappa shape index (κ1) is 26.6. The SMILES string of the molecule is [C-]#[N+]CCc1cn(-c2ccc3ncnc(Nc4c(F)ccc(NS(=O)(=O)c5cccc(F)c5C)c4F)c3n2)cn1. The van der Waals surface area contributed by atoms with Gasteiger partial charge >= 0.3 is 0 Å². The summed E-state index contributed by atoms with van der Waals surface area (Å²) in [5.41, 5.74) is -0.165. The fourth-order valence-corrected chi connectivity index (χ4v) is 5.21. The standard InChI is InChI=1S/C26H19F3N8O2S/c1-15-17(27)4-3-5-21(15)40(38,39)36-19-7-6-18(28)24(23(19)29)35-26-25-20(31-13-32-26)8-9-22(34-25)37-12-16(33-14-37)10-11-30-2/h3-9,12-14,36H,10-11H2,1H3,(H,31,32,35). The van der Waals surface area contributed by atoms with Crippen LogP contribution < -0.4 is 10.0 Å². The summed E-state index contributed by atoms with van der Waals surface area (Å²) in [7, 11) is -4.41. The number of imidazole rings is 1. The minimum atomic E-state index is -4.41. The predicted octanol–water partition coefficient (Wildman–Crippen LogP) is 4.94. The summed E-state index contributed by atoms with van der Waals surface area (Å²) in [4.78, 5) is 19.9. The zero-order chi connectivity index (χ0) is 28.4. The van der Waals surface area contributed by atoms with Crippen LogP contribution in [0.2, 0.25) is 0 Å². The summed E-state index contributed by atoms with van der Waals surface area (Å²) < 4.78 is 73.7. The van der Waals surface area contributed by atoms with Crippen LogP contribution in [0.5, 0.6) is 0 Å². The van der Waals surface area contributed by atoms with Crippen molar-refractivity contribution >= 4 is 38.2 Å². The topological polar surface area (TPSA) is 119 Å². The Labute approximate surface area is 226 Å². The van der Waals surface area contributed by atoms with Gasteiger partial charge in [0.1, 0.15) is 41.3 Å². The molecule has 0 bridgehead atoms. The van der Waals surface area contributed by atoms with Crippen molar-refractivity contribution in [1.82, 2.24) is 24.5 Å². The number of rotatable bonds is 8. The van der Waals surface area contributed by atoms with Gasteiger partial charge in [0.15, 0.2) is 11.6 Å². The number of hydrogen-bond acceptors (Lipinski definition) is 7. The molecular weight excluding hydrogens is 545 g/mol. The van der Waals surface area contributed by atoms with Gasteiger partial charge in [-0.3, -0.25) is 9.29 Å². The zero-order valence-electron chi connectivity index (χ0n) is 20.7. The Hall–Kier alpha value is -5.03. The Bertz CT molecular complexity index is 1900. The molecule has 0 amide bonds. The number of benzene rings is 2. The number of anilines is 3. The van der Waals surface area contributed by atoms with Crippen LogP contribution in [-0.2, 0) is 16.4 Å². The van der Waals surface area contributed by atoms with Gasteiger partial charge in [-0.25, -0.2) is 48.1 Å². The van der Waals surface area contributed by atoms with E-state index in [0.717, 1.165) is 18.2 Å². The van der Waals surface area contributed by atoms with Crippen LogP contribution >= 0.6 is 0 Å². The molecular formula is C26H19F3N8O2S. The molecule has 0 atom stereocenters. The number of aromatic nitrogens is 5. The summed E-state index contributed by atoms with van der Waals surface area (Å²) in [5, 5.41) is 2.57. The van der Waals surface area contributed by atoms with Crippen LogP contribution in [-0.4, -0.2) is 39.5 Å². The summed E-state index contributed by atoms with van der Waals surface area (Å²) in [6.45, 7) is 8.49.